The maximum atomic E-state index is 14.6. The van der Waals surface area contributed by atoms with Gasteiger partial charge in [-0.15, -0.1) is 24.0 Å². The van der Waals surface area contributed by atoms with Gasteiger partial charge in [-0.25, -0.2) is 9.37 Å². The van der Waals surface area contributed by atoms with Crippen molar-refractivity contribution in [3.63, 3.8) is 0 Å². The highest BCUT2D eigenvalue weighted by atomic mass is 127. The van der Waals surface area contributed by atoms with Crippen LogP contribution in [0.15, 0.2) is 35.6 Å². The smallest absolute Gasteiger partial charge is 0.191 e. The fourth-order valence-corrected chi connectivity index (χ4v) is 3.81. The van der Waals surface area contributed by atoms with Gasteiger partial charge in [-0.1, -0.05) is 12.5 Å². The number of imidazole rings is 1. The van der Waals surface area contributed by atoms with E-state index in [9.17, 15) is 4.39 Å². The molecule has 3 rings (SSSR count). The van der Waals surface area contributed by atoms with E-state index in [1.165, 1.54) is 19.3 Å². The van der Waals surface area contributed by atoms with Gasteiger partial charge in [0.1, 0.15) is 11.6 Å². The molecule has 1 saturated heterocycles. The topological polar surface area (TPSA) is 57.5 Å². The van der Waals surface area contributed by atoms with Crippen LogP contribution in [-0.4, -0.2) is 52.6 Å². The van der Waals surface area contributed by atoms with Crippen molar-refractivity contribution in [3.05, 3.63) is 47.8 Å². The van der Waals surface area contributed by atoms with Crippen LogP contribution >= 0.6 is 24.0 Å². The van der Waals surface area contributed by atoms with Crippen LogP contribution in [-0.2, 0) is 6.54 Å². The molecule has 8 heteroatoms. The summed E-state index contributed by atoms with van der Waals surface area (Å²) in [7, 11) is 1.76. The second kappa shape index (κ2) is 11.1. The summed E-state index contributed by atoms with van der Waals surface area (Å²) in [5, 5.41) is 6.71. The molecule has 0 atom stereocenters. The molecule has 6 nitrogen and oxygen atoms in total. The first kappa shape index (κ1) is 24.6. The summed E-state index contributed by atoms with van der Waals surface area (Å²) in [5.41, 5.74) is 1.44. The Hall–Kier alpha value is -1.68. The van der Waals surface area contributed by atoms with E-state index in [0.717, 1.165) is 37.0 Å². The van der Waals surface area contributed by atoms with Gasteiger partial charge in [0.25, 0.3) is 0 Å². The van der Waals surface area contributed by atoms with Gasteiger partial charge in [-0.05, 0) is 64.4 Å². The average Bonchev–Trinajstić information content (AvgIpc) is 3.14. The molecule has 2 heterocycles. The van der Waals surface area contributed by atoms with Crippen molar-refractivity contribution in [3.8, 4) is 5.69 Å². The van der Waals surface area contributed by atoms with Crippen LogP contribution < -0.4 is 10.6 Å². The molecular formula is C22H34FIN6. The van der Waals surface area contributed by atoms with Crippen LogP contribution in [0.25, 0.3) is 5.69 Å². The van der Waals surface area contributed by atoms with E-state index >= 15 is 0 Å². The molecule has 0 aliphatic carbocycles. The van der Waals surface area contributed by atoms with E-state index in [0.29, 0.717) is 12.2 Å². The van der Waals surface area contributed by atoms with Crippen LogP contribution in [0.2, 0.25) is 0 Å². The number of hydrogen-bond donors (Lipinski definition) is 2. The minimum atomic E-state index is -0.264. The monoisotopic (exact) mass is 528 g/mol. The summed E-state index contributed by atoms with van der Waals surface area (Å²) in [6.45, 7) is 10.0. The number of aromatic nitrogens is 2. The molecule has 0 amide bonds. The third kappa shape index (κ3) is 6.16. The molecule has 1 aliphatic heterocycles. The standard InChI is InChI=1S/C22H33FN6.HI/c1-17-25-10-13-29(17)20-9-8-18(14-19(20)23)15-26-21(24-4)27-16-22(2,3)28-11-6-5-7-12-28;/h8-10,13-14H,5-7,11-12,15-16H2,1-4H3,(H2,24,26,27);1H. The van der Waals surface area contributed by atoms with E-state index in [1.807, 2.05) is 13.0 Å². The fraction of sp³-hybridized carbons (Fsp3) is 0.545. The number of piperidine rings is 1. The molecule has 1 fully saturated rings. The van der Waals surface area contributed by atoms with Crippen LogP contribution in [0.1, 0.15) is 44.5 Å². The molecule has 1 aromatic heterocycles. The predicted molar refractivity (Wildman–Crippen MR) is 131 cm³/mol. The van der Waals surface area contributed by atoms with Crippen molar-refractivity contribution in [1.82, 2.24) is 25.1 Å². The molecule has 0 spiro atoms. The van der Waals surface area contributed by atoms with Crippen molar-refractivity contribution in [2.24, 2.45) is 4.99 Å². The molecule has 0 saturated carbocycles. The van der Waals surface area contributed by atoms with Crippen molar-refractivity contribution >= 4 is 29.9 Å². The largest absolute Gasteiger partial charge is 0.355 e. The zero-order valence-electron chi connectivity index (χ0n) is 18.4. The van der Waals surface area contributed by atoms with Crippen molar-refractivity contribution in [1.29, 1.82) is 0 Å². The van der Waals surface area contributed by atoms with E-state index in [1.54, 1.807) is 36.1 Å². The SMILES string of the molecule is CN=C(NCc1ccc(-n2ccnc2C)c(F)c1)NCC(C)(C)N1CCCCC1.I. The summed E-state index contributed by atoms with van der Waals surface area (Å²) in [5.74, 6) is 1.22. The Morgan fingerprint density at radius 2 is 1.93 bits per heavy atom. The zero-order chi connectivity index (χ0) is 20.9. The molecule has 166 valence electrons. The molecule has 0 bridgehead atoms. The Bertz CT molecular complexity index is 842. The Balaban J connectivity index is 0.00000320. The van der Waals surface area contributed by atoms with Gasteiger partial charge in [-0.2, -0.15) is 0 Å². The second-order valence-corrected chi connectivity index (χ2v) is 8.27. The number of aliphatic imine (C=N–C) groups is 1. The first-order chi connectivity index (χ1) is 13.9. The summed E-state index contributed by atoms with van der Waals surface area (Å²) < 4.78 is 16.3. The Kier molecular flexibility index (Phi) is 9.09. The molecule has 1 aliphatic rings. The van der Waals surface area contributed by atoms with E-state index in [4.69, 9.17) is 0 Å². The third-order valence-corrected chi connectivity index (χ3v) is 5.68. The molecule has 1 aromatic carbocycles. The highest BCUT2D eigenvalue weighted by molar-refractivity contribution is 14.0. The van der Waals surface area contributed by atoms with Gasteiger partial charge in [-0.3, -0.25) is 9.89 Å². The summed E-state index contributed by atoms with van der Waals surface area (Å²) in [4.78, 5) is 11.0. The molecular weight excluding hydrogens is 494 g/mol. The van der Waals surface area contributed by atoms with Crippen LogP contribution in [0, 0.1) is 12.7 Å². The van der Waals surface area contributed by atoms with Crippen molar-refractivity contribution in [2.45, 2.75) is 52.1 Å². The fourth-order valence-electron chi connectivity index (χ4n) is 3.81. The minimum Gasteiger partial charge on any atom is -0.355 e. The number of guanidine groups is 1. The quantitative estimate of drug-likeness (QED) is 0.340. The lowest BCUT2D eigenvalue weighted by Crippen LogP contribution is -2.54. The predicted octanol–water partition coefficient (Wildman–Crippen LogP) is 3.87. The number of likely N-dealkylation sites (tertiary alicyclic amines) is 1. The van der Waals surface area contributed by atoms with Crippen molar-refractivity contribution in [2.75, 3.05) is 26.7 Å². The summed E-state index contributed by atoms with van der Waals surface area (Å²) in [6, 6.07) is 5.28. The molecule has 2 aromatic rings. The average molecular weight is 528 g/mol. The summed E-state index contributed by atoms with van der Waals surface area (Å²) in [6.07, 6.45) is 7.32. The van der Waals surface area contributed by atoms with Crippen LogP contribution in [0.5, 0.6) is 0 Å². The third-order valence-electron chi connectivity index (χ3n) is 5.68. The highest BCUT2D eigenvalue weighted by Gasteiger charge is 2.27. The lowest BCUT2D eigenvalue weighted by atomic mass is 9.98. The lowest BCUT2D eigenvalue weighted by molar-refractivity contribution is 0.0982. The van der Waals surface area contributed by atoms with E-state index in [-0.39, 0.29) is 35.3 Å². The van der Waals surface area contributed by atoms with Gasteiger partial charge >= 0.3 is 0 Å². The Morgan fingerprint density at radius 3 is 2.53 bits per heavy atom. The molecule has 2 N–H and O–H groups in total. The number of nitrogens with zero attached hydrogens (tertiary/aromatic N) is 4. The van der Waals surface area contributed by atoms with Crippen LogP contribution in [0.4, 0.5) is 4.39 Å². The summed E-state index contributed by atoms with van der Waals surface area (Å²) >= 11 is 0. The Labute approximate surface area is 196 Å². The van der Waals surface area contributed by atoms with E-state index < -0.39 is 0 Å². The van der Waals surface area contributed by atoms with Crippen molar-refractivity contribution < 1.29 is 4.39 Å². The number of nitrogens with one attached hydrogen (secondary N) is 2. The van der Waals surface area contributed by atoms with Gasteiger partial charge in [0.05, 0.1) is 5.69 Å². The van der Waals surface area contributed by atoms with Crippen LogP contribution in [0.3, 0.4) is 0 Å². The van der Waals surface area contributed by atoms with Gasteiger partial charge in [0.15, 0.2) is 5.96 Å². The first-order valence-corrected chi connectivity index (χ1v) is 10.4. The normalized spacial score (nSPS) is 15.6. The zero-order valence-corrected chi connectivity index (χ0v) is 20.7. The van der Waals surface area contributed by atoms with Gasteiger partial charge in [0, 0.05) is 38.1 Å². The van der Waals surface area contributed by atoms with Gasteiger partial charge < -0.3 is 15.2 Å². The second-order valence-electron chi connectivity index (χ2n) is 8.27. The number of rotatable bonds is 6. The molecule has 30 heavy (non-hydrogen) atoms. The number of benzene rings is 1. The minimum absolute atomic E-state index is 0. The van der Waals surface area contributed by atoms with Gasteiger partial charge in [0.2, 0.25) is 0 Å². The molecule has 0 unspecified atom stereocenters. The maximum absolute atomic E-state index is 14.6. The van der Waals surface area contributed by atoms with E-state index in [2.05, 4.69) is 39.4 Å². The number of halogens is 2. The molecule has 0 radical (unpaired) electrons. The highest BCUT2D eigenvalue weighted by Crippen LogP contribution is 2.20. The maximum Gasteiger partial charge on any atom is 0.191 e. The number of hydrogen-bond acceptors (Lipinski definition) is 3. The first-order valence-electron chi connectivity index (χ1n) is 10.4. The lowest BCUT2D eigenvalue weighted by Gasteiger charge is -2.41. The Morgan fingerprint density at radius 1 is 1.20 bits per heavy atom. The number of aryl methyl sites for hydroxylation is 1.